The van der Waals surface area contributed by atoms with E-state index < -0.39 is 0 Å². The first-order valence-corrected chi connectivity index (χ1v) is 13.4. The van der Waals surface area contributed by atoms with Crippen molar-refractivity contribution in [2.24, 2.45) is 0 Å². The zero-order chi connectivity index (χ0) is 27.4. The number of benzene rings is 2. The lowest BCUT2D eigenvalue weighted by atomic mass is 9.98. The molecule has 3 heterocycles. The van der Waals surface area contributed by atoms with Gasteiger partial charge >= 0.3 is 0 Å². The molecule has 39 heavy (non-hydrogen) atoms. The second-order valence-corrected chi connectivity index (χ2v) is 10.2. The molecule has 7 nitrogen and oxygen atoms in total. The second-order valence-electron chi connectivity index (χ2n) is 10.2. The van der Waals surface area contributed by atoms with Crippen LogP contribution in [0.1, 0.15) is 38.3 Å². The van der Waals surface area contributed by atoms with Crippen molar-refractivity contribution in [3.8, 4) is 24.7 Å². The van der Waals surface area contributed by atoms with Gasteiger partial charge in [0.15, 0.2) is 11.5 Å². The van der Waals surface area contributed by atoms with Crippen LogP contribution in [0.4, 0.5) is 11.5 Å². The highest BCUT2D eigenvalue weighted by atomic mass is 16.2. The Kier molecular flexibility index (Phi) is 7.81. The molecule has 1 amide bonds. The van der Waals surface area contributed by atoms with Crippen LogP contribution >= 0.6 is 0 Å². The highest BCUT2D eigenvalue weighted by Crippen LogP contribution is 2.24. The van der Waals surface area contributed by atoms with Gasteiger partial charge < -0.3 is 14.7 Å². The average molecular weight is 519 g/mol. The van der Waals surface area contributed by atoms with E-state index in [-0.39, 0.29) is 5.91 Å². The Morgan fingerprint density at radius 1 is 0.846 bits per heavy atom. The zero-order valence-electron chi connectivity index (χ0n) is 22.7. The number of aryl methyl sites for hydroxylation is 2. The molecule has 0 N–H and O–H groups in total. The third kappa shape index (κ3) is 5.60. The van der Waals surface area contributed by atoms with Crippen LogP contribution in [0.5, 0.6) is 0 Å². The van der Waals surface area contributed by atoms with Gasteiger partial charge in [-0.05, 0) is 54.7 Å². The quantitative estimate of drug-likeness (QED) is 0.483. The van der Waals surface area contributed by atoms with Gasteiger partial charge in [-0.15, -0.1) is 12.8 Å². The number of amides is 1. The molecule has 0 atom stereocenters. The molecular weight excluding hydrogens is 484 g/mol. The lowest BCUT2D eigenvalue weighted by Crippen LogP contribution is -2.49. The maximum atomic E-state index is 13.6. The van der Waals surface area contributed by atoms with E-state index in [0.29, 0.717) is 37.7 Å². The summed E-state index contributed by atoms with van der Waals surface area (Å²) in [7, 11) is 0. The minimum Gasteiger partial charge on any atom is -0.368 e. The van der Waals surface area contributed by atoms with Gasteiger partial charge in [0.2, 0.25) is 0 Å². The number of nitrogens with zero attached hydrogens (tertiary/aromatic N) is 6. The summed E-state index contributed by atoms with van der Waals surface area (Å²) in [6.07, 6.45) is 14.6. The standard InChI is InChI=1S/C32H34N6O/c1-5-26-9-7-8-10-30(26)36-15-13-35(14-16-36)23-27-22-28(25(4)21-24(27)3)32(39)38-19-17-37(18-20-38)31-29(6-2)33-11-12-34-31/h1-2,7-12,21-22H,13-20,23H2,3-4H3. The third-order valence-electron chi connectivity index (χ3n) is 7.76. The molecule has 2 aliphatic rings. The summed E-state index contributed by atoms with van der Waals surface area (Å²) < 4.78 is 0. The lowest BCUT2D eigenvalue weighted by molar-refractivity contribution is 0.0745. The summed E-state index contributed by atoms with van der Waals surface area (Å²) in [4.78, 5) is 31.2. The van der Waals surface area contributed by atoms with Crippen molar-refractivity contribution < 1.29 is 4.79 Å². The van der Waals surface area contributed by atoms with Crippen LogP contribution in [0.25, 0.3) is 0 Å². The molecule has 0 aliphatic carbocycles. The van der Waals surface area contributed by atoms with Crippen molar-refractivity contribution in [2.75, 3.05) is 62.2 Å². The zero-order valence-corrected chi connectivity index (χ0v) is 22.7. The number of rotatable bonds is 5. The fourth-order valence-electron chi connectivity index (χ4n) is 5.51. The first kappa shape index (κ1) is 26.3. The van der Waals surface area contributed by atoms with Gasteiger partial charge in [0.05, 0.1) is 5.69 Å². The first-order chi connectivity index (χ1) is 19.0. The van der Waals surface area contributed by atoms with E-state index in [0.717, 1.165) is 55.1 Å². The van der Waals surface area contributed by atoms with Crippen LogP contribution < -0.4 is 9.80 Å². The Balaban J connectivity index is 1.23. The Morgan fingerprint density at radius 3 is 2.26 bits per heavy atom. The van der Waals surface area contributed by atoms with Crippen molar-refractivity contribution in [1.82, 2.24) is 19.8 Å². The Hall–Kier alpha value is -4.33. The Bertz CT molecular complexity index is 1440. The van der Waals surface area contributed by atoms with Gasteiger partial charge in [-0.2, -0.15) is 0 Å². The van der Waals surface area contributed by atoms with Gasteiger partial charge in [-0.1, -0.05) is 24.1 Å². The molecule has 3 aromatic rings. The second kappa shape index (κ2) is 11.6. The van der Waals surface area contributed by atoms with Crippen LogP contribution in [-0.2, 0) is 6.54 Å². The molecule has 0 unspecified atom stereocenters. The molecule has 0 radical (unpaired) electrons. The molecule has 2 saturated heterocycles. The van der Waals surface area contributed by atoms with E-state index in [2.05, 4.69) is 61.6 Å². The molecule has 2 fully saturated rings. The van der Waals surface area contributed by atoms with Gasteiger partial charge in [0.25, 0.3) is 5.91 Å². The summed E-state index contributed by atoms with van der Waals surface area (Å²) in [5.41, 5.74) is 6.85. The number of para-hydroxylation sites is 1. The molecule has 0 saturated carbocycles. The summed E-state index contributed by atoms with van der Waals surface area (Å²) >= 11 is 0. The highest BCUT2D eigenvalue weighted by Gasteiger charge is 2.26. The topological polar surface area (TPSA) is 55.8 Å². The third-order valence-corrected chi connectivity index (χ3v) is 7.76. The van der Waals surface area contributed by atoms with Crippen molar-refractivity contribution in [3.63, 3.8) is 0 Å². The molecular formula is C32H34N6O. The van der Waals surface area contributed by atoms with E-state index in [1.807, 2.05) is 30.0 Å². The molecule has 0 spiro atoms. The smallest absolute Gasteiger partial charge is 0.254 e. The van der Waals surface area contributed by atoms with Gasteiger partial charge in [0.1, 0.15) is 0 Å². The van der Waals surface area contributed by atoms with E-state index in [9.17, 15) is 4.79 Å². The molecule has 198 valence electrons. The number of hydrogen-bond acceptors (Lipinski definition) is 6. The minimum absolute atomic E-state index is 0.0837. The fourth-order valence-corrected chi connectivity index (χ4v) is 5.51. The summed E-state index contributed by atoms with van der Waals surface area (Å²) in [5.74, 6) is 6.21. The number of aromatic nitrogens is 2. The normalized spacial score (nSPS) is 16.1. The predicted molar refractivity (Wildman–Crippen MR) is 156 cm³/mol. The summed E-state index contributed by atoms with van der Waals surface area (Å²) in [6.45, 7) is 11.3. The maximum absolute atomic E-state index is 13.6. The summed E-state index contributed by atoms with van der Waals surface area (Å²) in [5, 5.41) is 0. The van der Waals surface area contributed by atoms with E-state index >= 15 is 0 Å². The molecule has 7 heteroatoms. The van der Waals surface area contributed by atoms with E-state index in [1.165, 1.54) is 11.1 Å². The van der Waals surface area contributed by atoms with Gasteiger partial charge in [0, 0.05) is 82.4 Å². The number of anilines is 2. The van der Waals surface area contributed by atoms with E-state index in [1.54, 1.807) is 12.4 Å². The SMILES string of the molecule is C#Cc1ccccc1N1CCN(Cc2cc(C(=O)N3CCN(c4nccnc4C#C)CC3)c(C)cc2C)CC1. The lowest BCUT2D eigenvalue weighted by Gasteiger charge is -2.37. The molecule has 2 aromatic carbocycles. The monoisotopic (exact) mass is 518 g/mol. The van der Waals surface area contributed by atoms with E-state index in [4.69, 9.17) is 12.8 Å². The van der Waals surface area contributed by atoms with Crippen molar-refractivity contribution >= 4 is 17.4 Å². The maximum Gasteiger partial charge on any atom is 0.254 e. The van der Waals surface area contributed by atoms with Crippen LogP contribution in [-0.4, -0.2) is 78.0 Å². The Labute approximate surface area is 231 Å². The van der Waals surface area contributed by atoms with Gasteiger partial charge in [-0.25, -0.2) is 9.97 Å². The molecule has 1 aromatic heterocycles. The average Bonchev–Trinajstić information content (AvgIpc) is 2.98. The Morgan fingerprint density at radius 2 is 1.54 bits per heavy atom. The minimum atomic E-state index is 0.0837. The number of piperazine rings is 2. The van der Waals surface area contributed by atoms with Crippen molar-refractivity contribution in [2.45, 2.75) is 20.4 Å². The largest absolute Gasteiger partial charge is 0.368 e. The predicted octanol–water partition coefficient (Wildman–Crippen LogP) is 3.34. The van der Waals surface area contributed by atoms with Crippen LogP contribution in [0.2, 0.25) is 0 Å². The molecule has 5 rings (SSSR count). The van der Waals surface area contributed by atoms with Crippen LogP contribution in [0.3, 0.4) is 0 Å². The number of hydrogen-bond donors (Lipinski definition) is 0. The van der Waals surface area contributed by atoms with Crippen LogP contribution in [0.15, 0.2) is 48.8 Å². The first-order valence-electron chi connectivity index (χ1n) is 13.4. The molecule has 0 bridgehead atoms. The number of carbonyl (C=O) groups excluding carboxylic acids is 1. The fraction of sp³-hybridized carbons (Fsp3) is 0.344. The molecule has 2 aliphatic heterocycles. The van der Waals surface area contributed by atoms with Crippen LogP contribution in [0, 0.1) is 38.5 Å². The van der Waals surface area contributed by atoms with Crippen molar-refractivity contribution in [1.29, 1.82) is 0 Å². The number of terminal acetylenes is 2. The van der Waals surface area contributed by atoms with Crippen molar-refractivity contribution in [3.05, 3.63) is 82.3 Å². The van der Waals surface area contributed by atoms with Gasteiger partial charge in [-0.3, -0.25) is 9.69 Å². The highest BCUT2D eigenvalue weighted by molar-refractivity contribution is 5.96. The number of carbonyl (C=O) groups is 1. The summed E-state index contributed by atoms with van der Waals surface area (Å²) in [6, 6.07) is 12.4.